The van der Waals surface area contributed by atoms with Gasteiger partial charge in [-0.3, -0.25) is 4.79 Å². The Hall–Kier alpha value is -1.63. The number of aromatic hydroxyl groups is 1. The lowest BCUT2D eigenvalue weighted by atomic mass is 10.1. The Balaban J connectivity index is 2.52. The molecule has 0 aliphatic rings. The number of phenols is 1. The van der Waals surface area contributed by atoms with E-state index in [-0.39, 0.29) is 17.7 Å². The summed E-state index contributed by atoms with van der Waals surface area (Å²) in [5, 5.41) is 11.9. The highest BCUT2D eigenvalue weighted by molar-refractivity contribution is 5.82. The summed E-state index contributed by atoms with van der Waals surface area (Å²) in [7, 11) is 3.01. The fourth-order valence-corrected chi connectivity index (χ4v) is 1.88. The molecule has 1 unspecified atom stereocenters. The minimum Gasteiger partial charge on any atom is -0.508 e. The second kappa shape index (κ2) is 7.84. The average molecular weight is 282 g/mol. The third kappa shape index (κ3) is 4.80. The van der Waals surface area contributed by atoms with Gasteiger partial charge in [-0.2, -0.15) is 0 Å². The number of rotatable bonds is 7. The van der Waals surface area contributed by atoms with Crippen molar-refractivity contribution in [2.24, 2.45) is 5.73 Å². The molecular weight excluding hydrogens is 260 g/mol. The van der Waals surface area contributed by atoms with Crippen molar-refractivity contribution < 1.29 is 19.4 Å². The van der Waals surface area contributed by atoms with Crippen molar-refractivity contribution in [3.8, 4) is 5.75 Å². The minimum atomic E-state index is -0.670. The summed E-state index contributed by atoms with van der Waals surface area (Å²) in [6, 6.07) is 5.63. The predicted molar refractivity (Wildman–Crippen MR) is 75.2 cm³/mol. The quantitative estimate of drug-likeness (QED) is 0.629. The van der Waals surface area contributed by atoms with Gasteiger partial charge in [0.2, 0.25) is 5.91 Å². The van der Waals surface area contributed by atoms with E-state index in [2.05, 4.69) is 5.32 Å². The second-order valence-corrected chi connectivity index (χ2v) is 4.61. The van der Waals surface area contributed by atoms with Crippen LogP contribution in [0.4, 0.5) is 0 Å². The van der Waals surface area contributed by atoms with Gasteiger partial charge in [0.05, 0.1) is 12.1 Å². The largest absolute Gasteiger partial charge is 0.508 e. The molecule has 0 aliphatic heterocycles. The van der Waals surface area contributed by atoms with Gasteiger partial charge in [0.15, 0.2) is 6.29 Å². The number of phenolic OH excluding ortho intramolecular Hbond substituents is 1. The maximum absolute atomic E-state index is 12.0. The molecule has 0 saturated heterocycles. The van der Waals surface area contributed by atoms with Crippen LogP contribution >= 0.6 is 0 Å². The summed E-state index contributed by atoms with van der Waals surface area (Å²) >= 11 is 0. The SMILES string of the molecule is COC(OC)C(C)NC(=O)[C@@H](N)Cc1ccc(O)cc1. The van der Waals surface area contributed by atoms with Crippen LogP contribution in [-0.2, 0) is 20.7 Å². The molecule has 6 nitrogen and oxygen atoms in total. The lowest BCUT2D eigenvalue weighted by Crippen LogP contribution is -2.50. The third-order valence-corrected chi connectivity index (χ3v) is 2.97. The van der Waals surface area contributed by atoms with Crippen LogP contribution < -0.4 is 11.1 Å². The number of nitrogens with one attached hydrogen (secondary N) is 1. The smallest absolute Gasteiger partial charge is 0.237 e. The zero-order valence-electron chi connectivity index (χ0n) is 12.0. The fourth-order valence-electron chi connectivity index (χ4n) is 1.88. The van der Waals surface area contributed by atoms with Gasteiger partial charge < -0.3 is 25.6 Å². The zero-order chi connectivity index (χ0) is 15.1. The van der Waals surface area contributed by atoms with Crippen molar-refractivity contribution in [2.75, 3.05) is 14.2 Å². The Morgan fingerprint density at radius 2 is 1.85 bits per heavy atom. The first-order chi connectivity index (χ1) is 9.47. The van der Waals surface area contributed by atoms with Crippen molar-refractivity contribution in [2.45, 2.75) is 31.7 Å². The van der Waals surface area contributed by atoms with E-state index in [1.165, 1.54) is 14.2 Å². The Labute approximate surface area is 118 Å². The van der Waals surface area contributed by atoms with Gasteiger partial charge in [-0.1, -0.05) is 12.1 Å². The van der Waals surface area contributed by atoms with Gasteiger partial charge in [-0.25, -0.2) is 0 Å². The van der Waals surface area contributed by atoms with E-state index in [4.69, 9.17) is 15.2 Å². The standard InChI is InChI=1S/C14H22N2O4/c1-9(14(19-2)20-3)16-13(18)12(15)8-10-4-6-11(17)7-5-10/h4-7,9,12,14,17H,8,15H2,1-3H3,(H,16,18)/t9?,12-/m0/s1. The molecule has 2 atom stereocenters. The van der Waals surface area contributed by atoms with Gasteiger partial charge in [0.25, 0.3) is 0 Å². The summed E-state index contributed by atoms with van der Waals surface area (Å²) in [5.74, 6) is -0.0897. The van der Waals surface area contributed by atoms with E-state index in [1.807, 2.05) is 0 Å². The molecule has 1 rings (SSSR count). The molecule has 1 aromatic rings. The van der Waals surface area contributed by atoms with Crippen molar-refractivity contribution in [3.63, 3.8) is 0 Å². The van der Waals surface area contributed by atoms with Crippen molar-refractivity contribution in [1.82, 2.24) is 5.32 Å². The van der Waals surface area contributed by atoms with Crippen LogP contribution in [0.15, 0.2) is 24.3 Å². The van der Waals surface area contributed by atoms with Crippen LogP contribution in [0, 0.1) is 0 Å². The fraction of sp³-hybridized carbons (Fsp3) is 0.500. The highest BCUT2D eigenvalue weighted by Gasteiger charge is 2.21. The maximum atomic E-state index is 12.0. The highest BCUT2D eigenvalue weighted by atomic mass is 16.7. The number of carbonyl (C=O) groups excluding carboxylic acids is 1. The van der Waals surface area contributed by atoms with Gasteiger partial charge in [0.1, 0.15) is 5.75 Å². The molecule has 112 valence electrons. The predicted octanol–water partition coefficient (Wildman–Crippen LogP) is 0.386. The molecule has 0 aromatic heterocycles. The number of ether oxygens (including phenoxy) is 2. The molecule has 0 fully saturated rings. The number of hydrogen-bond donors (Lipinski definition) is 3. The Morgan fingerprint density at radius 1 is 1.30 bits per heavy atom. The Morgan fingerprint density at radius 3 is 2.35 bits per heavy atom. The molecule has 20 heavy (non-hydrogen) atoms. The molecule has 0 spiro atoms. The monoisotopic (exact) mass is 282 g/mol. The Kier molecular flexibility index (Phi) is 6.44. The number of carbonyl (C=O) groups is 1. The van der Waals surface area contributed by atoms with E-state index >= 15 is 0 Å². The van der Waals surface area contributed by atoms with Gasteiger partial charge in [-0.05, 0) is 31.0 Å². The molecule has 0 bridgehead atoms. The van der Waals surface area contributed by atoms with E-state index in [9.17, 15) is 9.90 Å². The van der Waals surface area contributed by atoms with Gasteiger partial charge >= 0.3 is 0 Å². The lowest BCUT2D eigenvalue weighted by molar-refractivity contribution is -0.136. The van der Waals surface area contributed by atoms with Crippen LogP contribution in [0.25, 0.3) is 0 Å². The molecule has 0 aliphatic carbocycles. The first kappa shape index (κ1) is 16.4. The summed E-state index contributed by atoms with van der Waals surface area (Å²) < 4.78 is 10.1. The zero-order valence-corrected chi connectivity index (χ0v) is 12.0. The van der Waals surface area contributed by atoms with Crippen LogP contribution in [0.3, 0.4) is 0 Å². The van der Waals surface area contributed by atoms with Crippen LogP contribution in [0.1, 0.15) is 12.5 Å². The summed E-state index contributed by atoms with van der Waals surface area (Å²) in [6.45, 7) is 1.78. The molecular formula is C14H22N2O4. The normalized spacial score (nSPS) is 14.1. The second-order valence-electron chi connectivity index (χ2n) is 4.61. The minimum absolute atomic E-state index is 0.184. The Bertz CT molecular complexity index is 418. The van der Waals surface area contributed by atoms with Crippen molar-refractivity contribution in [3.05, 3.63) is 29.8 Å². The molecule has 4 N–H and O–H groups in total. The van der Waals surface area contributed by atoms with Crippen molar-refractivity contribution in [1.29, 1.82) is 0 Å². The molecule has 1 amide bonds. The van der Waals surface area contributed by atoms with Crippen LogP contribution in [0.2, 0.25) is 0 Å². The van der Waals surface area contributed by atoms with E-state index in [0.717, 1.165) is 5.56 Å². The summed E-state index contributed by atoms with van der Waals surface area (Å²) in [6.07, 6.45) is -0.122. The molecule has 6 heteroatoms. The number of amides is 1. The molecule has 0 heterocycles. The third-order valence-electron chi connectivity index (χ3n) is 2.97. The first-order valence-electron chi connectivity index (χ1n) is 6.37. The number of methoxy groups -OCH3 is 2. The van der Waals surface area contributed by atoms with E-state index in [0.29, 0.717) is 6.42 Å². The number of benzene rings is 1. The van der Waals surface area contributed by atoms with Crippen LogP contribution in [-0.4, -0.2) is 43.6 Å². The first-order valence-corrected chi connectivity index (χ1v) is 6.37. The summed E-state index contributed by atoms with van der Waals surface area (Å²) in [5.41, 5.74) is 6.75. The lowest BCUT2D eigenvalue weighted by Gasteiger charge is -2.23. The van der Waals surface area contributed by atoms with Crippen LogP contribution in [0.5, 0.6) is 5.75 Å². The number of hydrogen-bond acceptors (Lipinski definition) is 5. The van der Waals surface area contributed by atoms with E-state index < -0.39 is 12.3 Å². The maximum Gasteiger partial charge on any atom is 0.237 e. The topological polar surface area (TPSA) is 93.8 Å². The number of nitrogens with two attached hydrogens (primary N) is 1. The van der Waals surface area contributed by atoms with E-state index in [1.54, 1.807) is 31.2 Å². The molecule has 0 radical (unpaired) electrons. The van der Waals surface area contributed by atoms with Gasteiger partial charge in [-0.15, -0.1) is 0 Å². The van der Waals surface area contributed by atoms with Gasteiger partial charge in [0, 0.05) is 14.2 Å². The highest BCUT2D eigenvalue weighted by Crippen LogP contribution is 2.11. The molecule has 0 saturated carbocycles. The van der Waals surface area contributed by atoms with Crippen molar-refractivity contribution >= 4 is 5.91 Å². The molecule has 1 aromatic carbocycles. The summed E-state index contributed by atoms with van der Waals surface area (Å²) in [4.78, 5) is 12.0. The average Bonchev–Trinajstić information content (AvgIpc) is 2.42.